The van der Waals surface area contributed by atoms with E-state index < -0.39 is 24.1 Å². The summed E-state index contributed by atoms with van der Waals surface area (Å²) in [7, 11) is 0. The van der Waals surface area contributed by atoms with E-state index in [-0.39, 0.29) is 29.9 Å². The number of carbonyl (C=O) groups is 3. The molecule has 12 heteroatoms. The summed E-state index contributed by atoms with van der Waals surface area (Å²) in [5.74, 6) is -1.95. The number of imide groups is 1. The van der Waals surface area contributed by atoms with Gasteiger partial charge in [0.05, 0.1) is 18.2 Å². The van der Waals surface area contributed by atoms with Crippen molar-refractivity contribution >= 4 is 23.7 Å². The third-order valence-electron chi connectivity index (χ3n) is 5.56. The highest BCUT2D eigenvalue weighted by Crippen LogP contribution is 2.32. The number of nitriles is 1. The quantitative estimate of drug-likeness (QED) is 0.435. The van der Waals surface area contributed by atoms with Crippen LogP contribution in [0.1, 0.15) is 34.5 Å². The molecule has 2 aromatic carbocycles. The fourth-order valence-corrected chi connectivity index (χ4v) is 3.53. The molecule has 1 aliphatic carbocycles. The van der Waals surface area contributed by atoms with Crippen molar-refractivity contribution in [1.29, 1.82) is 5.26 Å². The van der Waals surface area contributed by atoms with Crippen molar-refractivity contribution < 1.29 is 37.4 Å². The van der Waals surface area contributed by atoms with Crippen LogP contribution in [0.15, 0.2) is 60.7 Å². The maximum Gasteiger partial charge on any atom is 0.573 e. The Bertz CT molecular complexity index is 1410. The minimum Gasteiger partial charge on any atom is -0.465 e. The zero-order valence-electron chi connectivity index (χ0n) is 19.5. The maximum atomic E-state index is 13.3. The van der Waals surface area contributed by atoms with Crippen molar-refractivity contribution in [1.82, 2.24) is 9.88 Å². The lowest BCUT2D eigenvalue weighted by atomic mass is 10.0. The van der Waals surface area contributed by atoms with Crippen molar-refractivity contribution in [2.45, 2.75) is 25.7 Å². The van der Waals surface area contributed by atoms with Crippen molar-refractivity contribution in [3.63, 3.8) is 0 Å². The topological polar surface area (TPSA) is 133 Å². The van der Waals surface area contributed by atoms with Crippen LogP contribution in [0.5, 0.6) is 5.75 Å². The largest absolute Gasteiger partial charge is 0.573 e. The number of pyridine rings is 1. The van der Waals surface area contributed by atoms with Gasteiger partial charge in [0.1, 0.15) is 17.3 Å². The minimum atomic E-state index is -4.87. The number of rotatable bonds is 7. The molecule has 4 rings (SSSR count). The first-order chi connectivity index (χ1) is 18.0. The summed E-state index contributed by atoms with van der Waals surface area (Å²) in [5.41, 5.74) is 1.17. The molecule has 0 spiro atoms. The van der Waals surface area contributed by atoms with Crippen molar-refractivity contribution in [2.75, 3.05) is 5.32 Å². The second-order valence-corrected chi connectivity index (χ2v) is 8.44. The van der Waals surface area contributed by atoms with Crippen LogP contribution in [0.3, 0.4) is 0 Å². The number of hydrogen-bond donors (Lipinski definition) is 2. The number of halogens is 3. The van der Waals surface area contributed by atoms with Gasteiger partial charge in [-0.05, 0) is 65.9 Å². The lowest BCUT2D eigenvalue weighted by Crippen LogP contribution is -2.36. The Morgan fingerprint density at radius 2 is 1.71 bits per heavy atom. The first-order valence-electron chi connectivity index (χ1n) is 11.3. The van der Waals surface area contributed by atoms with Crippen LogP contribution in [0.4, 0.5) is 23.8 Å². The molecule has 1 saturated carbocycles. The number of ether oxygens (including phenoxy) is 1. The minimum absolute atomic E-state index is 0.0120. The lowest BCUT2D eigenvalue weighted by molar-refractivity contribution is -0.274. The van der Waals surface area contributed by atoms with Gasteiger partial charge >= 0.3 is 12.5 Å². The molecule has 194 valence electrons. The molecule has 1 aromatic heterocycles. The molecule has 0 saturated heterocycles. The molecular formula is C26H19F3N4O5. The lowest BCUT2D eigenvalue weighted by Gasteiger charge is -2.18. The van der Waals surface area contributed by atoms with E-state index >= 15 is 0 Å². The fraction of sp³-hybridized carbons (Fsp3) is 0.192. The molecule has 1 fully saturated rings. The second-order valence-electron chi connectivity index (χ2n) is 8.44. The molecule has 1 aliphatic rings. The number of amides is 3. The second kappa shape index (κ2) is 10.6. The Kier molecular flexibility index (Phi) is 7.29. The van der Waals surface area contributed by atoms with E-state index in [0.717, 1.165) is 12.1 Å². The number of carboxylic acid groups (broad SMARTS) is 1. The van der Waals surface area contributed by atoms with Crippen molar-refractivity contribution in [3.05, 3.63) is 77.5 Å². The van der Waals surface area contributed by atoms with Gasteiger partial charge in [-0.3, -0.25) is 9.59 Å². The van der Waals surface area contributed by atoms with Gasteiger partial charge in [-0.1, -0.05) is 24.3 Å². The highest BCUT2D eigenvalue weighted by molar-refractivity contribution is 6.02. The third-order valence-corrected chi connectivity index (χ3v) is 5.56. The van der Waals surface area contributed by atoms with E-state index in [0.29, 0.717) is 40.0 Å². The average Bonchev–Trinajstić information content (AvgIpc) is 3.72. The van der Waals surface area contributed by atoms with Gasteiger partial charge in [0.2, 0.25) is 5.91 Å². The Morgan fingerprint density at radius 3 is 2.26 bits per heavy atom. The van der Waals surface area contributed by atoms with Gasteiger partial charge in [-0.2, -0.15) is 5.26 Å². The van der Waals surface area contributed by atoms with Crippen LogP contribution >= 0.6 is 0 Å². The van der Waals surface area contributed by atoms with Gasteiger partial charge in [0, 0.05) is 5.92 Å². The van der Waals surface area contributed by atoms with E-state index in [2.05, 4.69) is 15.0 Å². The van der Waals surface area contributed by atoms with Gasteiger partial charge in [-0.15, -0.1) is 13.2 Å². The van der Waals surface area contributed by atoms with E-state index in [1.165, 1.54) is 48.5 Å². The number of hydrogen-bond acceptors (Lipinski definition) is 6. The van der Waals surface area contributed by atoms with E-state index in [9.17, 15) is 32.7 Å². The highest BCUT2D eigenvalue weighted by Gasteiger charge is 2.32. The van der Waals surface area contributed by atoms with Gasteiger partial charge in [0.15, 0.2) is 0 Å². The normalized spacial score (nSPS) is 12.8. The van der Waals surface area contributed by atoms with Crippen molar-refractivity contribution in [3.8, 4) is 22.9 Å². The molecule has 1 heterocycles. The molecule has 0 unspecified atom stereocenters. The maximum absolute atomic E-state index is 13.3. The number of nitrogens with zero attached hydrogens (tertiary/aromatic N) is 3. The van der Waals surface area contributed by atoms with Gasteiger partial charge in [-0.25, -0.2) is 14.7 Å². The van der Waals surface area contributed by atoms with E-state index in [4.69, 9.17) is 5.26 Å². The van der Waals surface area contributed by atoms with Crippen LogP contribution in [-0.2, 0) is 11.3 Å². The number of benzene rings is 2. The zero-order chi connectivity index (χ0) is 27.4. The molecule has 0 radical (unpaired) electrons. The summed E-state index contributed by atoms with van der Waals surface area (Å²) in [4.78, 5) is 42.2. The molecule has 0 bridgehead atoms. The number of alkyl halides is 3. The molecular weight excluding hydrogens is 505 g/mol. The summed E-state index contributed by atoms with van der Waals surface area (Å²) in [6, 6.07) is 15.5. The molecule has 38 heavy (non-hydrogen) atoms. The molecule has 3 amide bonds. The van der Waals surface area contributed by atoms with Gasteiger partial charge in [0.25, 0.3) is 5.91 Å². The van der Waals surface area contributed by atoms with Crippen LogP contribution < -0.4 is 10.1 Å². The van der Waals surface area contributed by atoms with Crippen LogP contribution in [0, 0.1) is 17.2 Å². The van der Waals surface area contributed by atoms with E-state index in [1.54, 1.807) is 0 Å². The number of aromatic nitrogens is 1. The summed E-state index contributed by atoms with van der Waals surface area (Å²) >= 11 is 0. The Labute approximate surface area is 214 Å². The molecule has 9 nitrogen and oxygen atoms in total. The summed E-state index contributed by atoms with van der Waals surface area (Å²) in [5, 5.41) is 21.3. The fourth-order valence-electron chi connectivity index (χ4n) is 3.53. The van der Waals surface area contributed by atoms with Crippen LogP contribution in [0.25, 0.3) is 11.1 Å². The first-order valence-corrected chi connectivity index (χ1v) is 11.3. The Hall–Kier alpha value is -4.92. The smallest absolute Gasteiger partial charge is 0.465 e. The third kappa shape index (κ3) is 6.64. The first kappa shape index (κ1) is 26.2. The number of anilines is 1. The number of carbonyl (C=O) groups excluding carboxylic acids is 2. The SMILES string of the molecule is N#Cc1ccc(CN(C(=O)O)C(=O)c2cc(-c3ccc(OC(F)(F)F)cc3)cc(NC(=O)C3CC3)n2)cc1. The Balaban J connectivity index is 1.67. The molecule has 2 N–H and O–H groups in total. The van der Waals surface area contributed by atoms with Crippen molar-refractivity contribution in [2.24, 2.45) is 5.92 Å². The molecule has 0 atom stereocenters. The summed E-state index contributed by atoms with van der Waals surface area (Å²) in [6.07, 6.45) is -5.01. The monoisotopic (exact) mass is 524 g/mol. The summed E-state index contributed by atoms with van der Waals surface area (Å²) in [6.45, 7) is -0.334. The predicted molar refractivity (Wildman–Crippen MR) is 127 cm³/mol. The summed E-state index contributed by atoms with van der Waals surface area (Å²) < 4.78 is 41.4. The standard InChI is InChI=1S/C26H19F3N4O5/c27-26(28,29)38-20-9-7-17(8-10-20)19-11-21(31-22(12-19)32-23(34)18-5-6-18)24(35)33(25(36)37)14-16-3-1-15(13-30)2-4-16/h1-4,7-12,18H,5-6,14H2,(H,36,37)(H,31,32,34). The van der Waals surface area contributed by atoms with Crippen LogP contribution in [-0.4, -0.2) is 39.3 Å². The Morgan fingerprint density at radius 1 is 1.05 bits per heavy atom. The van der Waals surface area contributed by atoms with Crippen LogP contribution in [0.2, 0.25) is 0 Å². The molecule has 3 aromatic rings. The van der Waals surface area contributed by atoms with E-state index in [1.807, 2.05) is 6.07 Å². The average molecular weight is 524 g/mol. The number of nitrogens with one attached hydrogen (secondary N) is 1. The predicted octanol–water partition coefficient (Wildman–Crippen LogP) is 5.19. The zero-order valence-corrected chi connectivity index (χ0v) is 19.5. The highest BCUT2D eigenvalue weighted by atomic mass is 19.4. The van der Waals surface area contributed by atoms with Gasteiger partial charge < -0.3 is 15.2 Å². The molecule has 0 aliphatic heterocycles.